The Balaban J connectivity index is 2.16. The van der Waals surface area contributed by atoms with Gasteiger partial charge in [0.2, 0.25) is 0 Å². The lowest BCUT2D eigenvalue weighted by atomic mass is 9.95. The first-order valence-corrected chi connectivity index (χ1v) is 10.0. The predicted molar refractivity (Wildman–Crippen MR) is 117 cm³/mol. The molecular formula is C22H22Cl2N2O4. The molecule has 1 fully saturated rings. The van der Waals surface area contributed by atoms with E-state index >= 15 is 0 Å². The number of aliphatic hydroxyl groups is 1. The van der Waals surface area contributed by atoms with Crippen LogP contribution >= 0.6 is 23.2 Å². The van der Waals surface area contributed by atoms with Gasteiger partial charge in [-0.3, -0.25) is 9.59 Å². The number of nitrogens with zero attached hydrogens (tertiary/aromatic N) is 2. The number of hydrogen-bond donors (Lipinski definition) is 1. The normalized spacial score (nSPS) is 18.3. The van der Waals surface area contributed by atoms with Crippen molar-refractivity contribution in [2.45, 2.75) is 6.04 Å². The number of likely N-dealkylation sites (N-methyl/N-ethyl adjacent to an activating group) is 1. The van der Waals surface area contributed by atoms with Crippen LogP contribution in [0.3, 0.4) is 0 Å². The van der Waals surface area contributed by atoms with E-state index in [1.807, 2.05) is 19.0 Å². The molecule has 0 aliphatic carbocycles. The van der Waals surface area contributed by atoms with E-state index in [1.54, 1.807) is 36.4 Å². The summed E-state index contributed by atoms with van der Waals surface area (Å²) in [7, 11) is 5.24. The van der Waals surface area contributed by atoms with E-state index in [4.69, 9.17) is 27.9 Å². The maximum absolute atomic E-state index is 12.9. The molecule has 158 valence electrons. The lowest BCUT2D eigenvalue weighted by molar-refractivity contribution is -0.140. The molecule has 1 aliphatic heterocycles. The Labute approximate surface area is 185 Å². The number of likely N-dealkylation sites (tertiary alicyclic amines) is 1. The van der Waals surface area contributed by atoms with Crippen molar-refractivity contribution in [1.82, 2.24) is 9.80 Å². The number of carbonyl (C=O) groups is 2. The van der Waals surface area contributed by atoms with Crippen LogP contribution in [0, 0.1) is 0 Å². The molecule has 1 amide bonds. The van der Waals surface area contributed by atoms with E-state index in [1.165, 1.54) is 18.1 Å². The van der Waals surface area contributed by atoms with Crippen LogP contribution < -0.4 is 4.74 Å². The highest BCUT2D eigenvalue weighted by atomic mass is 35.5. The first kappa shape index (κ1) is 22.2. The molecule has 0 bridgehead atoms. The fraction of sp³-hybridized carbons (Fsp3) is 0.273. The van der Waals surface area contributed by atoms with Crippen LogP contribution in [0.1, 0.15) is 17.2 Å². The lowest BCUT2D eigenvalue weighted by Gasteiger charge is -2.26. The second kappa shape index (κ2) is 9.08. The maximum atomic E-state index is 12.9. The Morgan fingerprint density at radius 1 is 1.17 bits per heavy atom. The number of hydrogen-bond acceptors (Lipinski definition) is 5. The molecule has 0 aromatic heterocycles. The number of amides is 1. The molecule has 6 nitrogen and oxygen atoms in total. The van der Waals surface area contributed by atoms with Gasteiger partial charge in [0.05, 0.1) is 23.7 Å². The van der Waals surface area contributed by atoms with Gasteiger partial charge in [-0.25, -0.2) is 0 Å². The molecule has 2 aromatic carbocycles. The number of carbonyl (C=O) groups excluding carboxylic acids is 2. The van der Waals surface area contributed by atoms with Crippen molar-refractivity contribution >= 4 is 40.7 Å². The Bertz CT molecular complexity index is 1020. The van der Waals surface area contributed by atoms with Crippen LogP contribution in [0.25, 0.3) is 5.76 Å². The quantitative estimate of drug-likeness (QED) is 0.411. The number of Topliss-reactive ketones (excluding diaryl/α,β-unsaturated/α-hetero) is 1. The van der Waals surface area contributed by atoms with Crippen molar-refractivity contribution in [2.75, 3.05) is 34.3 Å². The summed E-state index contributed by atoms with van der Waals surface area (Å²) in [5.41, 5.74) is 0.960. The van der Waals surface area contributed by atoms with Crippen LogP contribution in [0.5, 0.6) is 5.75 Å². The van der Waals surface area contributed by atoms with Crippen molar-refractivity contribution in [3.8, 4) is 5.75 Å². The summed E-state index contributed by atoms with van der Waals surface area (Å²) in [5, 5.41) is 11.8. The largest absolute Gasteiger partial charge is 0.507 e. The monoisotopic (exact) mass is 448 g/mol. The summed E-state index contributed by atoms with van der Waals surface area (Å²) < 4.78 is 5.14. The number of halogens is 2. The van der Waals surface area contributed by atoms with E-state index in [0.29, 0.717) is 35.0 Å². The standard InChI is InChI=1S/C22H22Cl2N2O4/c1-25(2)9-10-26-19(13-5-4-6-15(23)11-13)18(21(28)22(26)29)20(27)14-7-8-17(30-3)16(24)12-14/h4-8,11-12,19,27H,9-10H2,1-3H3/b20-18+/t19-/m0/s1. The van der Waals surface area contributed by atoms with Gasteiger partial charge in [-0.2, -0.15) is 0 Å². The van der Waals surface area contributed by atoms with E-state index in [9.17, 15) is 14.7 Å². The fourth-order valence-electron chi connectivity index (χ4n) is 3.41. The number of methoxy groups -OCH3 is 1. The van der Waals surface area contributed by atoms with Gasteiger partial charge in [0.25, 0.3) is 11.7 Å². The van der Waals surface area contributed by atoms with Gasteiger partial charge in [-0.15, -0.1) is 0 Å². The molecule has 0 unspecified atom stereocenters. The summed E-state index contributed by atoms with van der Waals surface area (Å²) in [6.07, 6.45) is 0. The van der Waals surface area contributed by atoms with Crippen LogP contribution in [-0.4, -0.2) is 60.9 Å². The Hall–Kier alpha value is -2.54. The van der Waals surface area contributed by atoms with Crippen LogP contribution in [0.2, 0.25) is 10.0 Å². The molecular weight excluding hydrogens is 427 g/mol. The highest BCUT2D eigenvalue weighted by Gasteiger charge is 2.46. The molecule has 0 saturated carbocycles. The molecule has 0 spiro atoms. The molecule has 0 radical (unpaired) electrons. The molecule has 2 aromatic rings. The van der Waals surface area contributed by atoms with E-state index < -0.39 is 17.7 Å². The Morgan fingerprint density at radius 2 is 1.90 bits per heavy atom. The molecule has 3 rings (SSSR count). The molecule has 30 heavy (non-hydrogen) atoms. The summed E-state index contributed by atoms with van der Waals surface area (Å²) >= 11 is 12.4. The number of ketones is 1. The second-order valence-corrected chi connectivity index (χ2v) is 8.04. The van der Waals surface area contributed by atoms with Gasteiger partial charge in [-0.05, 0) is 50.0 Å². The minimum atomic E-state index is -0.760. The van der Waals surface area contributed by atoms with Gasteiger partial charge in [0.1, 0.15) is 11.5 Å². The third-order valence-electron chi connectivity index (χ3n) is 4.92. The van der Waals surface area contributed by atoms with Crippen molar-refractivity contribution in [3.63, 3.8) is 0 Å². The third-order valence-corrected chi connectivity index (χ3v) is 5.45. The molecule has 1 N–H and O–H groups in total. The average molecular weight is 449 g/mol. The Kier molecular flexibility index (Phi) is 6.71. The molecule has 1 saturated heterocycles. The van der Waals surface area contributed by atoms with Crippen LogP contribution in [-0.2, 0) is 9.59 Å². The van der Waals surface area contributed by atoms with Crippen molar-refractivity contribution < 1.29 is 19.4 Å². The number of benzene rings is 2. The van der Waals surface area contributed by atoms with Crippen LogP contribution in [0.4, 0.5) is 0 Å². The summed E-state index contributed by atoms with van der Waals surface area (Å²) in [4.78, 5) is 29.1. The highest BCUT2D eigenvalue weighted by Crippen LogP contribution is 2.40. The summed E-state index contributed by atoms with van der Waals surface area (Å²) in [6, 6.07) is 10.8. The van der Waals surface area contributed by atoms with Crippen LogP contribution in [0.15, 0.2) is 48.0 Å². The summed E-state index contributed by atoms with van der Waals surface area (Å²) in [5.74, 6) is -1.27. The molecule has 8 heteroatoms. The van der Waals surface area contributed by atoms with Gasteiger partial charge in [0, 0.05) is 23.7 Å². The van der Waals surface area contributed by atoms with Gasteiger partial charge in [-0.1, -0.05) is 35.3 Å². The zero-order valence-corrected chi connectivity index (χ0v) is 18.4. The lowest BCUT2D eigenvalue weighted by Crippen LogP contribution is -2.35. The minimum Gasteiger partial charge on any atom is -0.507 e. The Morgan fingerprint density at radius 3 is 2.50 bits per heavy atom. The summed E-state index contributed by atoms with van der Waals surface area (Å²) in [6.45, 7) is 0.868. The number of ether oxygens (including phenoxy) is 1. The van der Waals surface area contributed by atoms with Crippen molar-refractivity contribution in [2.24, 2.45) is 0 Å². The van der Waals surface area contributed by atoms with Crippen molar-refractivity contribution in [1.29, 1.82) is 0 Å². The number of rotatable bonds is 6. The SMILES string of the molecule is COc1ccc(/C(O)=C2\C(=O)C(=O)N(CCN(C)C)[C@H]2c2cccc(Cl)c2)cc1Cl. The zero-order valence-electron chi connectivity index (χ0n) is 16.9. The zero-order chi connectivity index (χ0) is 22.0. The molecule has 1 heterocycles. The molecule has 1 aliphatic rings. The topological polar surface area (TPSA) is 70.1 Å². The first-order chi connectivity index (χ1) is 14.2. The third kappa shape index (κ3) is 4.31. The van der Waals surface area contributed by atoms with E-state index in [0.717, 1.165) is 0 Å². The first-order valence-electron chi connectivity index (χ1n) is 9.27. The smallest absolute Gasteiger partial charge is 0.295 e. The van der Waals surface area contributed by atoms with Gasteiger partial charge >= 0.3 is 0 Å². The molecule has 1 atom stereocenters. The van der Waals surface area contributed by atoms with E-state index in [-0.39, 0.29) is 16.4 Å². The minimum absolute atomic E-state index is 0.00209. The fourth-order valence-corrected chi connectivity index (χ4v) is 3.87. The van der Waals surface area contributed by atoms with Crippen molar-refractivity contribution in [3.05, 3.63) is 69.2 Å². The predicted octanol–water partition coefficient (Wildman–Crippen LogP) is 3.99. The van der Waals surface area contributed by atoms with E-state index in [2.05, 4.69) is 0 Å². The second-order valence-electron chi connectivity index (χ2n) is 7.20. The highest BCUT2D eigenvalue weighted by molar-refractivity contribution is 6.46. The maximum Gasteiger partial charge on any atom is 0.295 e. The van der Waals surface area contributed by atoms with Gasteiger partial charge in [0.15, 0.2) is 0 Å². The average Bonchev–Trinajstić information content (AvgIpc) is 2.96. The number of aliphatic hydroxyl groups excluding tert-OH is 1. The van der Waals surface area contributed by atoms with Gasteiger partial charge < -0.3 is 19.6 Å².